The van der Waals surface area contributed by atoms with Crippen LogP contribution < -0.4 is 5.32 Å². The van der Waals surface area contributed by atoms with Crippen LogP contribution in [0.2, 0.25) is 0 Å². The van der Waals surface area contributed by atoms with Crippen molar-refractivity contribution in [3.63, 3.8) is 0 Å². The van der Waals surface area contributed by atoms with Gasteiger partial charge in [-0.3, -0.25) is 9.59 Å². The second kappa shape index (κ2) is 6.77. The van der Waals surface area contributed by atoms with Crippen molar-refractivity contribution in [1.82, 2.24) is 5.32 Å². The molecule has 5 nitrogen and oxygen atoms in total. The van der Waals surface area contributed by atoms with E-state index in [2.05, 4.69) is 12.2 Å². The van der Waals surface area contributed by atoms with Gasteiger partial charge in [0.1, 0.15) is 0 Å². The summed E-state index contributed by atoms with van der Waals surface area (Å²) in [5.74, 6) is -0.787. The fraction of sp³-hybridized carbons (Fsp3) is 0.875. The summed E-state index contributed by atoms with van der Waals surface area (Å²) >= 11 is 0. The van der Waals surface area contributed by atoms with E-state index in [1.165, 1.54) is 0 Å². The fourth-order valence-electron chi connectivity index (χ4n) is 3.71. The van der Waals surface area contributed by atoms with Crippen LogP contribution in [-0.2, 0) is 14.3 Å². The number of carboxylic acid groups (broad SMARTS) is 1. The van der Waals surface area contributed by atoms with Gasteiger partial charge in [-0.1, -0.05) is 19.3 Å². The Balaban J connectivity index is 1.95. The largest absolute Gasteiger partial charge is 0.481 e. The molecular weight excluding hydrogens is 270 g/mol. The zero-order valence-electron chi connectivity index (χ0n) is 13.0. The average molecular weight is 297 g/mol. The second-order valence-corrected chi connectivity index (χ2v) is 7.03. The van der Waals surface area contributed by atoms with Gasteiger partial charge in [0.25, 0.3) is 0 Å². The van der Waals surface area contributed by atoms with Gasteiger partial charge in [-0.05, 0) is 38.0 Å². The number of aliphatic carboxylic acids is 1. The zero-order valence-corrected chi connectivity index (χ0v) is 13.0. The van der Waals surface area contributed by atoms with E-state index in [4.69, 9.17) is 9.84 Å². The summed E-state index contributed by atoms with van der Waals surface area (Å²) < 4.78 is 5.34. The van der Waals surface area contributed by atoms with Gasteiger partial charge in [0.05, 0.1) is 6.42 Å². The minimum atomic E-state index is -0.790. The Bertz CT molecular complexity index is 382. The van der Waals surface area contributed by atoms with E-state index >= 15 is 0 Å². The molecule has 0 aromatic heterocycles. The van der Waals surface area contributed by atoms with Crippen LogP contribution >= 0.6 is 0 Å². The van der Waals surface area contributed by atoms with E-state index < -0.39 is 5.97 Å². The van der Waals surface area contributed by atoms with Gasteiger partial charge in [0.15, 0.2) is 0 Å². The average Bonchev–Trinajstić information content (AvgIpc) is 2.38. The van der Waals surface area contributed by atoms with Crippen LogP contribution in [0.3, 0.4) is 0 Å². The third kappa shape index (κ3) is 4.70. The number of carboxylic acids is 1. The highest BCUT2D eigenvalue weighted by Gasteiger charge is 2.38. The molecule has 1 saturated carbocycles. The van der Waals surface area contributed by atoms with Gasteiger partial charge in [-0.25, -0.2) is 0 Å². The van der Waals surface area contributed by atoms with Crippen LogP contribution in [0.4, 0.5) is 0 Å². The monoisotopic (exact) mass is 297 g/mol. The maximum absolute atomic E-state index is 12.4. The summed E-state index contributed by atoms with van der Waals surface area (Å²) in [4.78, 5) is 23.6. The molecule has 0 unspecified atom stereocenters. The highest BCUT2D eigenvalue weighted by atomic mass is 16.5. The van der Waals surface area contributed by atoms with Crippen molar-refractivity contribution >= 4 is 11.9 Å². The molecule has 0 aromatic carbocycles. The topological polar surface area (TPSA) is 75.6 Å². The Morgan fingerprint density at radius 3 is 2.24 bits per heavy atom. The van der Waals surface area contributed by atoms with Crippen molar-refractivity contribution in [2.45, 2.75) is 70.3 Å². The first-order valence-electron chi connectivity index (χ1n) is 8.04. The zero-order chi connectivity index (χ0) is 15.3. The molecule has 2 rings (SSSR count). The van der Waals surface area contributed by atoms with Gasteiger partial charge < -0.3 is 15.2 Å². The number of nitrogens with one attached hydrogen (secondary N) is 1. The van der Waals surface area contributed by atoms with Crippen molar-refractivity contribution in [1.29, 1.82) is 0 Å². The van der Waals surface area contributed by atoms with E-state index in [1.54, 1.807) is 0 Å². The van der Waals surface area contributed by atoms with Gasteiger partial charge in [0, 0.05) is 25.2 Å². The Labute approximate surface area is 126 Å². The van der Waals surface area contributed by atoms with E-state index in [9.17, 15) is 9.59 Å². The first-order valence-corrected chi connectivity index (χ1v) is 8.04. The van der Waals surface area contributed by atoms with E-state index in [0.29, 0.717) is 19.6 Å². The van der Waals surface area contributed by atoms with Crippen molar-refractivity contribution in [3.8, 4) is 0 Å². The number of hydrogen-bond donors (Lipinski definition) is 2. The van der Waals surface area contributed by atoms with E-state index in [0.717, 1.165) is 44.9 Å². The summed E-state index contributed by atoms with van der Waals surface area (Å²) in [5, 5.41) is 12.3. The summed E-state index contributed by atoms with van der Waals surface area (Å²) in [6, 6.07) is 0. The van der Waals surface area contributed by atoms with Crippen LogP contribution in [0, 0.1) is 5.41 Å². The minimum absolute atomic E-state index is 0.00236. The molecule has 1 aliphatic heterocycles. The quantitative estimate of drug-likeness (QED) is 0.817. The third-order valence-corrected chi connectivity index (χ3v) is 5.01. The van der Waals surface area contributed by atoms with Crippen molar-refractivity contribution in [3.05, 3.63) is 0 Å². The SMILES string of the molecule is CC1(NC(=O)CC2(CC(=O)O)CCCCC2)CCOCC1. The van der Waals surface area contributed by atoms with Crippen molar-refractivity contribution in [2.75, 3.05) is 13.2 Å². The molecule has 21 heavy (non-hydrogen) atoms. The molecule has 5 heteroatoms. The van der Waals surface area contributed by atoms with Crippen LogP contribution in [0.1, 0.15) is 64.7 Å². The van der Waals surface area contributed by atoms with E-state index in [1.807, 2.05) is 0 Å². The molecule has 2 aliphatic rings. The summed E-state index contributed by atoms with van der Waals surface area (Å²) in [6.07, 6.45) is 7.03. The molecule has 120 valence electrons. The van der Waals surface area contributed by atoms with Crippen molar-refractivity contribution in [2.24, 2.45) is 5.41 Å². The molecular formula is C16H27NO4. The van der Waals surface area contributed by atoms with Gasteiger partial charge in [0.2, 0.25) is 5.91 Å². The smallest absolute Gasteiger partial charge is 0.303 e. The van der Waals surface area contributed by atoms with Crippen LogP contribution in [0.25, 0.3) is 0 Å². The second-order valence-electron chi connectivity index (χ2n) is 7.03. The summed E-state index contributed by atoms with van der Waals surface area (Å²) in [7, 11) is 0. The van der Waals surface area contributed by atoms with Crippen LogP contribution in [0.15, 0.2) is 0 Å². The van der Waals surface area contributed by atoms with Gasteiger partial charge in [-0.15, -0.1) is 0 Å². The first-order chi connectivity index (χ1) is 9.93. The molecule has 0 bridgehead atoms. The Hall–Kier alpha value is -1.10. The Kier molecular flexibility index (Phi) is 5.25. The number of rotatable bonds is 5. The highest BCUT2D eigenvalue weighted by Crippen LogP contribution is 2.42. The number of ether oxygens (including phenoxy) is 1. The normalized spacial score (nSPS) is 24.2. The molecule has 0 spiro atoms. The van der Waals surface area contributed by atoms with Gasteiger partial charge in [-0.2, -0.15) is 0 Å². The molecule has 1 saturated heterocycles. The van der Waals surface area contributed by atoms with E-state index in [-0.39, 0.29) is 23.3 Å². The Morgan fingerprint density at radius 1 is 1.05 bits per heavy atom. The highest BCUT2D eigenvalue weighted by molar-refractivity contribution is 5.78. The lowest BCUT2D eigenvalue weighted by Crippen LogP contribution is -2.50. The van der Waals surface area contributed by atoms with Crippen LogP contribution in [0.5, 0.6) is 0 Å². The first kappa shape index (κ1) is 16.3. The lowest BCUT2D eigenvalue weighted by molar-refractivity contribution is -0.141. The lowest BCUT2D eigenvalue weighted by atomic mass is 9.69. The molecule has 0 radical (unpaired) electrons. The minimum Gasteiger partial charge on any atom is -0.481 e. The molecule has 1 amide bonds. The number of hydrogen-bond acceptors (Lipinski definition) is 3. The molecule has 2 N–H and O–H groups in total. The predicted octanol–water partition coefficient (Wildman–Crippen LogP) is 2.49. The summed E-state index contributed by atoms with van der Waals surface area (Å²) in [6.45, 7) is 3.41. The summed E-state index contributed by atoms with van der Waals surface area (Å²) in [5.41, 5.74) is -0.538. The standard InChI is InChI=1S/C16H27NO4/c1-15(7-9-21-10-8-15)17-13(18)11-16(12-14(19)20)5-3-2-4-6-16/h2-12H2,1H3,(H,17,18)(H,19,20). The molecule has 0 aromatic rings. The number of carbonyl (C=O) groups is 2. The molecule has 2 fully saturated rings. The lowest BCUT2D eigenvalue weighted by Gasteiger charge is -2.38. The van der Waals surface area contributed by atoms with Gasteiger partial charge >= 0.3 is 5.97 Å². The van der Waals surface area contributed by atoms with Crippen molar-refractivity contribution < 1.29 is 19.4 Å². The number of amides is 1. The fourth-order valence-corrected chi connectivity index (χ4v) is 3.71. The number of carbonyl (C=O) groups excluding carboxylic acids is 1. The predicted molar refractivity (Wildman–Crippen MR) is 79.0 cm³/mol. The third-order valence-electron chi connectivity index (χ3n) is 5.01. The Morgan fingerprint density at radius 2 is 1.67 bits per heavy atom. The molecule has 1 aliphatic carbocycles. The van der Waals surface area contributed by atoms with Crippen LogP contribution in [-0.4, -0.2) is 35.7 Å². The maximum Gasteiger partial charge on any atom is 0.303 e. The molecule has 0 atom stereocenters. The maximum atomic E-state index is 12.4. The molecule has 1 heterocycles.